The van der Waals surface area contributed by atoms with Crippen LogP contribution in [0.3, 0.4) is 0 Å². The molecule has 0 spiro atoms. The average molecular weight is 342 g/mol. The van der Waals surface area contributed by atoms with Crippen molar-refractivity contribution in [2.24, 2.45) is 4.99 Å². The van der Waals surface area contributed by atoms with Gasteiger partial charge in [-0.05, 0) is 31.5 Å². The second kappa shape index (κ2) is 9.77. The van der Waals surface area contributed by atoms with Crippen LogP contribution in [0.4, 0.5) is 0 Å². The smallest absolute Gasteiger partial charge is 0.194 e. The van der Waals surface area contributed by atoms with Gasteiger partial charge in [0.2, 0.25) is 0 Å². The van der Waals surface area contributed by atoms with E-state index in [1.807, 2.05) is 14.0 Å². The highest BCUT2D eigenvalue weighted by molar-refractivity contribution is 9.10. The van der Waals surface area contributed by atoms with Crippen LogP contribution in [0.15, 0.2) is 33.7 Å². The first-order chi connectivity index (χ1) is 9.67. The molecule has 0 saturated carbocycles. The third kappa shape index (κ3) is 6.39. The van der Waals surface area contributed by atoms with Gasteiger partial charge in [-0.25, -0.2) is 0 Å². The molecule has 1 aromatic carbocycles. The van der Waals surface area contributed by atoms with E-state index < -0.39 is 0 Å². The zero-order valence-electron chi connectivity index (χ0n) is 12.5. The minimum absolute atomic E-state index is 0.664. The van der Waals surface area contributed by atoms with Crippen molar-refractivity contribution in [1.29, 1.82) is 0 Å². The van der Waals surface area contributed by atoms with Crippen LogP contribution in [0.25, 0.3) is 0 Å². The molecule has 0 aliphatic carbocycles. The maximum absolute atomic E-state index is 5.31. The number of guanidine groups is 1. The van der Waals surface area contributed by atoms with Crippen molar-refractivity contribution in [2.45, 2.75) is 20.4 Å². The zero-order valence-corrected chi connectivity index (χ0v) is 14.1. The summed E-state index contributed by atoms with van der Waals surface area (Å²) in [6.07, 6.45) is 0. The lowest BCUT2D eigenvalue weighted by Crippen LogP contribution is -2.38. The van der Waals surface area contributed by atoms with Crippen molar-refractivity contribution in [3.8, 4) is 0 Å². The van der Waals surface area contributed by atoms with Crippen molar-refractivity contribution in [3.63, 3.8) is 0 Å². The Hall–Kier alpha value is -1.07. The first kappa shape index (κ1) is 17.0. The molecule has 112 valence electrons. The summed E-state index contributed by atoms with van der Waals surface area (Å²) in [4.78, 5) is 6.69. The summed E-state index contributed by atoms with van der Waals surface area (Å²) in [6, 6.07) is 8.35. The van der Waals surface area contributed by atoms with Gasteiger partial charge in [0.05, 0.1) is 13.2 Å². The molecule has 1 rings (SSSR count). The van der Waals surface area contributed by atoms with E-state index in [1.165, 1.54) is 5.56 Å². The summed E-state index contributed by atoms with van der Waals surface area (Å²) < 4.78 is 6.41. The van der Waals surface area contributed by atoms with E-state index in [1.54, 1.807) is 0 Å². The monoisotopic (exact) mass is 341 g/mol. The van der Waals surface area contributed by atoms with Gasteiger partial charge < -0.3 is 15.0 Å². The molecule has 0 bridgehead atoms. The molecule has 1 N–H and O–H groups in total. The lowest BCUT2D eigenvalue weighted by Gasteiger charge is -2.22. The van der Waals surface area contributed by atoms with Gasteiger partial charge >= 0.3 is 0 Å². The summed E-state index contributed by atoms with van der Waals surface area (Å²) >= 11 is 3.45. The summed E-state index contributed by atoms with van der Waals surface area (Å²) in [5, 5.41) is 3.30. The Morgan fingerprint density at radius 3 is 2.60 bits per heavy atom. The van der Waals surface area contributed by atoms with E-state index >= 15 is 0 Å². The van der Waals surface area contributed by atoms with Crippen LogP contribution in [-0.4, -0.2) is 44.2 Å². The topological polar surface area (TPSA) is 36.9 Å². The molecule has 0 saturated heterocycles. The van der Waals surface area contributed by atoms with E-state index in [9.17, 15) is 0 Å². The fourth-order valence-corrected chi connectivity index (χ4v) is 2.03. The van der Waals surface area contributed by atoms with E-state index in [0.717, 1.165) is 30.1 Å². The Morgan fingerprint density at radius 1 is 1.30 bits per heavy atom. The number of aliphatic imine (C=N–C) groups is 1. The molecular formula is C15H24BrN3O. The highest BCUT2D eigenvalue weighted by atomic mass is 79.9. The molecule has 0 radical (unpaired) electrons. The Morgan fingerprint density at radius 2 is 2.00 bits per heavy atom. The number of halogens is 1. The quantitative estimate of drug-likeness (QED) is 0.470. The SMILES string of the molecule is CCNC(=NCCOCC)N(C)Cc1ccc(Br)cc1. The van der Waals surface area contributed by atoms with Crippen LogP contribution in [0, 0.1) is 0 Å². The fraction of sp³-hybridized carbons (Fsp3) is 0.533. The van der Waals surface area contributed by atoms with E-state index in [0.29, 0.717) is 13.2 Å². The average Bonchev–Trinajstić information content (AvgIpc) is 2.44. The summed E-state index contributed by atoms with van der Waals surface area (Å²) in [6.45, 7) is 7.84. The number of hydrogen-bond acceptors (Lipinski definition) is 2. The van der Waals surface area contributed by atoms with Gasteiger partial charge in [-0.15, -0.1) is 0 Å². The fourth-order valence-electron chi connectivity index (χ4n) is 1.77. The number of nitrogens with zero attached hydrogens (tertiary/aromatic N) is 2. The summed E-state index contributed by atoms with van der Waals surface area (Å²) in [7, 11) is 2.05. The van der Waals surface area contributed by atoms with Crippen molar-refractivity contribution < 1.29 is 4.74 Å². The van der Waals surface area contributed by atoms with Gasteiger partial charge in [-0.2, -0.15) is 0 Å². The minimum Gasteiger partial charge on any atom is -0.380 e. The first-order valence-corrected chi connectivity index (χ1v) is 7.78. The largest absolute Gasteiger partial charge is 0.380 e. The number of nitrogens with one attached hydrogen (secondary N) is 1. The molecule has 0 amide bonds. The van der Waals surface area contributed by atoms with Crippen molar-refractivity contribution in [3.05, 3.63) is 34.3 Å². The van der Waals surface area contributed by atoms with Gasteiger partial charge in [-0.3, -0.25) is 4.99 Å². The molecular weight excluding hydrogens is 318 g/mol. The third-order valence-corrected chi connectivity index (χ3v) is 3.26. The van der Waals surface area contributed by atoms with Crippen molar-refractivity contribution >= 4 is 21.9 Å². The molecule has 0 aliphatic rings. The summed E-state index contributed by atoms with van der Waals surface area (Å²) in [5.74, 6) is 0.912. The molecule has 5 heteroatoms. The van der Waals surface area contributed by atoms with Gasteiger partial charge in [0.25, 0.3) is 0 Å². The highest BCUT2D eigenvalue weighted by Crippen LogP contribution is 2.11. The lowest BCUT2D eigenvalue weighted by atomic mass is 10.2. The van der Waals surface area contributed by atoms with Gasteiger partial charge in [0.1, 0.15) is 0 Å². The molecule has 0 fully saturated rings. The molecule has 1 aromatic rings. The molecule has 0 aliphatic heterocycles. The lowest BCUT2D eigenvalue weighted by molar-refractivity contribution is 0.155. The number of benzene rings is 1. The van der Waals surface area contributed by atoms with Crippen LogP contribution in [0.5, 0.6) is 0 Å². The number of hydrogen-bond donors (Lipinski definition) is 1. The van der Waals surface area contributed by atoms with Gasteiger partial charge in [0, 0.05) is 31.2 Å². The summed E-state index contributed by atoms with van der Waals surface area (Å²) in [5.41, 5.74) is 1.26. The predicted octanol–water partition coefficient (Wildman–Crippen LogP) is 2.88. The number of rotatable bonds is 7. The van der Waals surface area contributed by atoms with Crippen LogP contribution in [0.1, 0.15) is 19.4 Å². The third-order valence-electron chi connectivity index (χ3n) is 2.73. The van der Waals surface area contributed by atoms with Crippen LogP contribution >= 0.6 is 15.9 Å². The molecule has 4 nitrogen and oxygen atoms in total. The van der Waals surface area contributed by atoms with E-state index in [2.05, 4.69) is 62.3 Å². The van der Waals surface area contributed by atoms with E-state index in [4.69, 9.17) is 4.74 Å². The zero-order chi connectivity index (χ0) is 14.8. The molecule has 20 heavy (non-hydrogen) atoms. The van der Waals surface area contributed by atoms with Crippen molar-refractivity contribution in [1.82, 2.24) is 10.2 Å². The first-order valence-electron chi connectivity index (χ1n) is 6.99. The van der Waals surface area contributed by atoms with Gasteiger partial charge in [0.15, 0.2) is 5.96 Å². The minimum atomic E-state index is 0.664. The molecule has 0 unspecified atom stereocenters. The molecule has 0 aromatic heterocycles. The Bertz CT molecular complexity index is 406. The predicted molar refractivity (Wildman–Crippen MR) is 88.1 cm³/mol. The van der Waals surface area contributed by atoms with Gasteiger partial charge in [-0.1, -0.05) is 28.1 Å². The van der Waals surface area contributed by atoms with E-state index in [-0.39, 0.29) is 0 Å². The Balaban J connectivity index is 2.58. The maximum Gasteiger partial charge on any atom is 0.194 e. The Kier molecular flexibility index (Phi) is 8.30. The maximum atomic E-state index is 5.31. The molecule has 0 heterocycles. The number of ether oxygens (including phenoxy) is 1. The normalized spacial score (nSPS) is 11.5. The molecule has 0 atom stereocenters. The Labute approximate surface area is 130 Å². The van der Waals surface area contributed by atoms with Crippen LogP contribution < -0.4 is 5.32 Å². The van der Waals surface area contributed by atoms with Crippen LogP contribution in [0.2, 0.25) is 0 Å². The van der Waals surface area contributed by atoms with Crippen LogP contribution in [-0.2, 0) is 11.3 Å². The standard InChI is InChI=1S/C15H24BrN3O/c1-4-17-15(18-10-11-20-5-2)19(3)12-13-6-8-14(16)9-7-13/h6-9H,4-5,10-12H2,1-3H3,(H,17,18). The second-order valence-corrected chi connectivity index (χ2v) is 5.33. The van der Waals surface area contributed by atoms with Crippen molar-refractivity contribution in [2.75, 3.05) is 33.4 Å². The highest BCUT2D eigenvalue weighted by Gasteiger charge is 2.06. The second-order valence-electron chi connectivity index (χ2n) is 4.42.